The van der Waals surface area contributed by atoms with Gasteiger partial charge in [-0.1, -0.05) is 46.5 Å². The third kappa shape index (κ3) is 3.80. The standard InChI is InChI=1S/C9H9ClN4S3/c1-5-3-6(10)12-7(11-5)4-16-9-14-13-8(15-2)17-9/h3H,4H2,1-2H3. The Kier molecular flexibility index (Phi) is 4.61. The van der Waals surface area contributed by atoms with Crippen LogP contribution in [-0.2, 0) is 5.75 Å². The molecule has 0 aliphatic carbocycles. The average molecular weight is 305 g/mol. The van der Waals surface area contributed by atoms with Gasteiger partial charge in [-0.3, -0.25) is 0 Å². The second-order valence-electron chi connectivity index (χ2n) is 3.07. The number of aryl methyl sites for hydroxylation is 1. The molecule has 2 heterocycles. The Morgan fingerprint density at radius 3 is 2.71 bits per heavy atom. The summed E-state index contributed by atoms with van der Waals surface area (Å²) in [6, 6.07) is 1.74. The minimum Gasteiger partial charge on any atom is -0.237 e. The van der Waals surface area contributed by atoms with E-state index in [1.807, 2.05) is 13.2 Å². The molecule has 17 heavy (non-hydrogen) atoms. The van der Waals surface area contributed by atoms with Crippen LogP contribution in [-0.4, -0.2) is 26.4 Å². The van der Waals surface area contributed by atoms with Crippen molar-refractivity contribution in [3.8, 4) is 0 Å². The normalized spacial score (nSPS) is 10.8. The van der Waals surface area contributed by atoms with Gasteiger partial charge >= 0.3 is 0 Å². The highest BCUT2D eigenvalue weighted by atomic mass is 35.5. The minimum absolute atomic E-state index is 0.482. The molecule has 0 saturated heterocycles. The van der Waals surface area contributed by atoms with Crippen molar-refractivity contribution < 1.29 is 0 Å². The van der Waals surface area contributed by atoms with Crippen molar-refractivity contribution in [1.29, 1.82) is 0 Å². The second-order valence-corrected chi connectivity index (χ2v) is 6.72. The van der Waals surface area contributed by atoms with Gasteiger partial charge in [-0.15, -0.1) is 10.2 Å². The highest BCUT2D eigenvalue weighted by molar-refractivity contribution is 8.02. The summed E-state index contributed by atoms with van der Waals surface area (Å²) < 4.78 is 1.89. The van der Waals surface area contributed by atoms with Gasteiger partial charge in [0.2, 0.25) is 0 Å². The maximum absolute atomic E-state index is 5.87. The monoisotopic (exact) mass is 304 g/mol. The van der Waals surface area contributed by atoms with Crippen LogP contribution in [0.5, 0.6) is 0 Å². The van der Waals surface area contributed by atoms with Gasteiger partial charge in [-0.25, -0.2) is 9.97 Å². The van der Waals surface area contributed by atoms with Gasteiger partial charge in [0.05, 0.1) is 5.75 Å². The van der Waals surface area contributed by atoms with E-state index in [2.05, 4.69) is 20.2 Å². The topological polar surface area (TPSA) is 51.6 Å². The van der Waals surface area contributed by atoms with Gasteiger partial charge in [-0.05, 0) is 19.2 Å². The first-order valence-corrected chi connectivity index (χ1v) is 8.08. The molecule has 0 bridgehead atoms. The summed E-state index contributed by atoms with van der Waals surface area (Å²) in [4.78, 5) is 8.47. The summed E-state index contributed by atoms with van der Waals surface area (Å²) in [5, 5.41) is 8.58. The lowest BCUT2D eigenvalue weighted by Gasteiger charge is -1.99. The molecule has 0 aliphatic heterocycles. The van der Waals surface area contributed by atoms with Crippen molar-refractivity contribution in [3.05, 3.63) is 22.7 Å². The fraction of sp³-hybridized carbons (Fsp3) is 0.333. The van der Waals surface area contributed by atoms with E-state index in [0.717, 1.165) is 20.2 Å². The number of hydrogen-bond donors (Lipinski definition) is 0. The van der Waals surface area contributed by atoms with Crippen molar-refractivity contribution in [3.63, 3.8) is 0 Å². The molecule has 8 heteroatoms. The molecule has 0 saturated carbocycles. The van der Waals surface area contributed by atoms with Gasteiger partial charge in [-0.2, -0.15) is 0 Å². The molecule has 4 nitrogen and oxygen atoms in total. The molecule has 90 valence electrons. The van der Waals surface area contributed by atoms with Crippen LogP contribution in [0.3, 0.4) is 0 Å². The predicted molar refractivity (Wildman–Crippen MR) is 73.0 cm³/mol. The van der Waals surface area contributed by atoms with Crippen LogP contribution in [0.4, 0.5) is 0 Å². The number of aromatic nitrogens is 4. The third-order valence-corrected chi connectivity index (χ3v) is 4.98. The van der Waals surface area contributed by atoms with Gasteiger partial charge in [0.25, 0.3) is 0 Å². The lowest BCUT2D eigenvalue weighted by Crippen LogP contribution is -1.95. The second kappa shape index (κ2) is 5.99. The van der Waals surface area contributed by atoms with Gasteiger partial charge in [0.15, 0.2) is 8.68 Å². The molecular weight excluding hydrogens is 296 g/mol. The minimum atomic E-state index is 0.482. The predicted octanol–water partition coefficient (Wildman–Crippen LogP) is 3.30. The maximum atomic E-state index is 5.87. The quantitative estimate of drug-likeness (QED) is 0.638. The Bertz CT molecular complexity index is 496. The van der Waals surface area contributed by atoms with Crippen molar-refractivity contribution in [2.24, 2.45) is 0 Å². The van der Waals surface area contributed by atoms with Crippen molar-refractivity contribution in [2.45, 2.75) is 21.4 Å². The largest absolute Gasteiger partial charge is 0.237 e. The summed E-state index contributed by atoms with van der Waals surface area (Å²) >= 11 is 10.6. The van der Waals surface area contributed by atoms with Crippen LogP contribution in [0.1, 0.15) is 11.5 Å². The first-order chi connectivity index (χ1) is 8.17. The Hall–Kier alpha value is -0.370. The SMILES string of the molecule is CSc1nnc(SCc2nc(C)cc(Cl)n2)s1. The Balaban J connectivity index is 2.01. The lowest BCUT2D eigenvalue weighted by atomic mass is 10.4. The number of halogens is 1. The fourth-order valence-electron chi connectivity index (χ4n) is 1.12. The number of thioether (sulfide) groups is 2. The zero-order valence-electron chi connectivity index (χ0n) is 9.18. The van der Waals surface area contributed by atoms with Crippen LogP contribution < -0.4 is 0 Å². The summed E-state index contributed by atoms with van der Waals surface area (Å²) in [5.74, 6) is 1.38. The van der Waals surface area contributed by atoms with E-state index >= 15 is 0 Å². The highest BCUT2D eigenvalue weighted by Crippen LogP contribution is 2.29. The molecule has 2 rings (SSSR count). The molecule has 0 atom stereocenters. The van der Waals surface area contributed by atoms with E-state index in [4.69, 9.17) is 11.6 Å². The van der Waals surface area contributed by atoms with E-state index < -0.39 is 0 Å². The fourth-order valence-corrected chi connectivity index (χ4v) is 3.67. The van der Waals surface area contributed by atoms with E-state index in [1.54, 1.807) is 40.9 Å². The molecule has 0 unspecified atom stereocenters. The first kappa shape index (κ1) is 13.1. The van der Waals surface area contributed by atoms with Crippen molar-refractivity contribution in [1.82, 2.24) is 20.2 Å². The molecule has 2 aromatic rings. The van der Waals surface area contributed by atoms with Crippen LogP contribution in [0, 0.1) is 6.92 Å². The molecule has 0 fully saturated rings. The zero-order valence-corrected chi connectivity index (χ0v) is 12.4. The third-order valence-electron chi connectivity index (χ3n) is 1.76. The van der Waals surface area contributed by atoms with Crippen molar-refractivity contribution in [2.75, 3.05) is 6.26 Å². The van der Waals surface area contributed by atoms with Crippen LogP contribution in [0.25, 0.3) is 0 Å². The molecular formula is C9H9ClN4S3. The van der Waals surface area contributed by atoms with Gasteiger partial charge in [0, 0.05) is 5.69 Å². The van der Waals surface area contributed by atoms with E-state index in [1.165, 1.54) is 0 Å². The van der Waals surface area contributed by atoms with E-state index in [9.17, 15) is 0 Å². The Labute approximate surface area is 117 Å². The van der Waals surface area contributed by atoms with E-state index in [0.29, 0.717) is 10.9 Å². The zero-order chi connectivity index (χ0) is 12.3. The number of nitrogens with zero attached hydrogens (tertiary/aromatic N) is 4. The lowest BCUT2D eigenvalue weighted by molar-refractivity contribution is 0.951. The smallest absolute Gasteiger partial charge is 0.175 e. The van der Waals surface area contributed by atoms with Gasteiger partial charge < -0.3 is 0 Å². The molecule has 2 aromatic heterocycles. The molecule has 0 N–H and O–H groups in total. The maximum Gasteiger partial charge on any atom is 0.175 e. The molecule has 0 aromatic carbocycles. The van der Waals surface area contributed by atoms with Gasteiger partial charge in [0.1, 0.15) is 11.0 Å². The summed E-state index contributed by atoms with van der Waals surface area (Å²) in [7, 11) is 0. The van der Waals surface area contributed by atoms with Crippen LogP contribution >= 0.6 is 46.5 Å². The molecule has 0 aliphatic rings. The molecule has 0 radical (unpaired) electrons. The molecule has 0 amide bonds. The summed E-state index contributed by atoms with van der Waals surface area (Å²) in [6.45, 7) is 1.90. The van der Waals surface area contributed by atoms with Crippen molar-refractivity contribution >= 4 is 46.5 Å². The van der Waals surface area contributed by atoms with Crippen LogP contribution in [0.2, 0.25) is 5.15 Å². The highest BCUT2D eigenvalue weighted by Gasteiger charge is 2.06. The number of rotatable bonds is 4. The first-order valence-electron chi connectivity index (χ1n) is 4.67. The Morgan fingerprint density at radius 1 is 1.29 bits per heavy atom. The Morgan fingerprint density at radius 2 is 2.06 bits per heavy atom. The average Bonchev–Trinajstić information content (AvgIpc) is 2.73. The molecule has 0 spiro atoms. The van der Waals surface area contributed by atoms with E-state index in [-0.39, 0.29) is 0 Å². The number of hydrogen-bond acceptors (Lipinski definition) is 7. The summed E-state index contributed by atoms with van der Waals surface area (Å²) in [6.07, 6.45) is 1.98. The van der Waals surface area contributed by atoms with Crippen LogP contribution in [0.15, 0.2) is 14.7 Å². The summed E-state index contributed by atoms with van der Waals surface area (Å²) in [5.41, 5.74) is 0.877.